The van der Waals surface area contributed by atoms with Gasteiger partial charge in [0.05, 0.1) is 18.8 Å². The number of amides is 2. The van der Waals surface area contributed by atoms with Crippen molar-refractivity contribution < 1.29 is 14.6 Å². The van der Waals surface area contributed by atoms with E-state index in [0.717, 1.165) is 24.0 Å². The lowest BCUT2D eigenvalue weighted by Gasteiger charge is -2.28. The minimum Gasteiger partial charge on any atom is -0.394 e. The van der Waals surface area contributed by atoms with Crippen molar-refractivity contribution in [3.63, 3.8) is 0 Å². The Morgan fingerprint density at radius 1 is 1.43 bits per heavy atom. The first-order valence-electron chi connectivity index (χ1n) is 7.31. The van der Waals surface area contributed by atoms with Crippen molar-refractivity contribution in [3.8, 4) is 0 Å². The smallest absolute Gasteiger partial charge is 0.315 e. The molecule has 5 heteroatoms. The lowest BCUT2D eigenvalue weighted by molar-refractivity contribution is 0.155. The highest BCUT2D eigenvalue weighted by atomic mass is 16.5. The second kappa shape index (κ2) is 6.91. The first-order valence-corrected chi connectivity index (χ1v) is 7.31. The van der Waals surface area contributed by atoms with Gasteiger partial charge in [0.2, 0.25) is 0 Å². The third kappa shape index (κ3) is 4.44. The van der Waals surface area contributed by atoms with Gasteiger partial charge in [-0.25, -0.2) is 4.79 Å². The van der Waals surface area contributed by atoms with Gasteiger partial charge in [-0.15, -0.1) is 0 Å². The number of rotatable bonds is 7. The first kappa shape index (κ1) is 15.8. The molecule has 1 fully saturated rings. The summed E-state index contributed by atoms with van der Waals surface area (Å²) in [6.07, 6.45) is 2.13. The van der Waals surface area contributed by atoms with E-state index in [2.05, 4.69) is 10.6 Å². The molecule has 0 bridgehead atoms. The maximum Gasteiger partial charge on any atom is 0.315 e. The van der Waals surface area contributed by atoms with Crippen molar-refractivity contribution in [1.29, 1.82) is 0 Å². The summed E-state index contributed by atoms with van der Waals surface area (Å²) in [5.74, 6) is 0.387. The molecule has 0 aromatic heterocycles. The lowest BCUT2D eigenvalue weighted by Crippen LogP contribution is -2.53. The van der Waals surface area contributed by atoms with Gasteiger partial charge >= 0.3 is 6.03 Å². The highest BCUT2D eigenvalue weighted by Crippen LogP contribution is 2.39. The number of nitrogens with one attached hydrogen (secondary N) is 2. The van der Waals surface area contributed by atoms with Crippen molar-refractivity contribution in [3.05, 3.63) is 35.4 Å². The van der Waals surface area contributed by atoms with Crippen LogP contribution in [-0.2, 0) is 17.9 Å². The van der Waals surface area contributed by atoms with Gasteiger partial charge in [-0.1, -0.05) is 24.3 Å². The molecule has 1 saturated carbocycles. The molecule has 1 aromatic rings. The average Bonchev–Trinajstić information content (AvgIpc) is 3.31. The molecule has 0 spiro atoms. The number of carbonyl (C=O) groups excluding carboxylic acids is 1. The third-order valence-corrected chi connectivity index (χ3v) is 3.96. The van der Waals surface area contributed by atoms with Crippen LogP contribution in [0.5, 0.6) is 0 Å². The average molecular weight is 292 g/mol. The van der Waals surface area contributed by atoms with Crippen molar-refractivity contribution in [2.75, 3.05) is 13.7 Å². The van der Waals surface area contributed by atoms with Gasteiger partial charge in [-0.2, -0.15) is 0 Å². The van der Waals surface area contributed by atoms with Gasteiger partial charge < -0.3 is 20.5 Å². The molecule has 0 heterocycles. The molecule has 1 atom stereocenters. The number of ether oxygens (including phenoxy) is 1. The Bertz CT molecular complexity index is 488. The number of hydrogen-bond acceptors (Lipinski definition) is 3. The standard InChI is InChI=1S/C16H24N2O3/c1-16(11-19,14-6-7-14)18-15(20)17-9-12-4-3-5-13(8-12)10-21-2/h3-5,8,14,19H,6-7,9-11H2,1-2H3,(H2,17,18,20). The molecule has 21 heavy (non-hydrogen) atoms. The molecular weight excluding hydrogens is 268 g/mol. The quantitative estimate of drug-likeness (QED) is 0.717. The largest absolute Gasteiger partial charge is 0.394 e. The van der Waals surface area contributed by atoms with Gasteiger partial charge in [0.1, 0.15) is 0 Å². The van der Waals surface area contributed by atoms with E-state index in [9.17, 15) is 9.90 Å². The molecule has 2 amide bonds. The van der Waals surface area contributed by atoms with E-state index in [-0.39, 0.29) is 12.6 Å². The van der Waals surface area contributed by atoms with Crippen molar-refractivity contribution in [2.24, 2.45) is 5.92 Å². The normalized spacial score (nSPS) is 17.1. The van der Waals surface area contributed by atoms with Crippen LogP contribution >= 0.6 is 0 Å². The second-order valence-electron chi connectivity index (χ2n) is 5.91. The van der Waals surface area contributed by atoms with E-state index in [4.69, 9.17) is 4.74 Å². The maximum absolute atomic E-state index is 12.0. The zero-order chi connectivity index (χ0) is 15.3. The SMILES string of the molecule is COCc1cccc(CNC(=O)NC(C)(CO)C2CC2)c1. The summed E-state index contributed by atoms with van der Waals surface area (Å²) < 4.78 is 5.09. The van der Waals surface area contributed by atoms with Crippen LogP contribution in [0.25, 0.3) is 0 Å². The molecule has 1 unspecified atom stereocenters. The molecule has 2 rings (SSSR count). The molecule has 1 aliphatic carbocycles. The summed E-state index contributed by atoms with van der Waals surface area (Å²) in [7, 11) is 1.66. The number of carbonyl (C=O) groups is 1. The van der Waals surface area contributed by atoms with E-state index >= 15 is 0 Å². The predicted octanol–water partition coefficient (Wildman–Crippen LogP) is 1.79. The van der Waals surface area contributed by atoms with Gasteiger partial charge in [0.15, 0.2) is 0 Å². The summed E-state index contributed by atoms with van der Waals surface area (Å²) in [6.45, 7) is 2.87. The van der Waals surface area contributed by atoms with Gasteiger partial charge in [0, 0.05) is 13.7 Å². The van der Waals surface area contributed by atoms with Crippen LogP contribution in [0.1, 0.15) is 30.9 Å². The van der Waals surface area contributed by atoms with Crippen molar-refractivity contribution >= 4 is 6.03 Å². The molecule has 0 saturated heterocycles. The third-order valence-electron chi connectivity index (χ3n) is 3.96. The zero-order valence-corrected chi connectivity index (χ0v) is 12.7. The number of benzene rings is 1. The fourth-order valence-electron chi connectivity index (χ4n) is 2.47. The van der Waals surface area contributed by atoms with Crippen LogP contribution in [0, 0.1) is 5.92 Å². The topological polar surface area (TPSA) is 70.6 Å². The monoisotopic (exact) mass is 292 g/mol. The molecule has 5 nitrogen and oxygen atoms in total. The van der Waals surface area contributed by atoms with Crippen LogP contribution < -0.4 is 10.6 Å². The lowest BCUT2D eigenvalue weighted by atomic mass is 9.97. The summed E-state index contributed by atoms with van der Waals surface area (Å²) in [5, 5.41) is 15.2. The Balaban J connectivity index is 1.84. The predicted molar refractivity (Wildman–Crippen MR) is 80.7 cm³/mol. The van der Waals surface area contributed by atoms with Gasteiger partial charge in [0.25, 0.3) is 0 Å². The minimum absolute atomic E-state index is 0.0333. The molecule has 0 radical (unpaired) electrons. The van der Waals surface area contributed by atoms with E-state index in [1.807, 2.05) is 31.2 Å². The van der Waals surface area contributed by atoms with E-state index in [1.54, 1.807) is 7.11 Å². The van der Waals surface area contributed by atoms with E-state index in [1.165, 1.54) is 0 Å². The fourth-order valence-corrected chi connectivity index (χ4v) is 2.47. The Morgan fingerprint density at radius 2 is 2.14 bits per heavy atom. The highest BCUT2D eigenvalue weighted by Gasteiger charge is 2.42. The van der Waals surface area contributed by atoms with Crippen LogP contribution in [0.3, 0.4) is 0 Å². The number of aliphatic hydroxyl groups is 1. The van der Waals surface area contributed by atoms with Gasteiger partial charge in [-0.3, -0.25) is 0 Å². The van der Waals surface area contributed by atoms with Crippen LogP contribution in [-0.4, -0.2) is 30.4 Å². The Hall–Kier alpha value is -1.59. The van der Waals surface area contributed by atoms with Crippen molar-refractivity contribution in [2.45, 2.75) is 38.5 Å². The summed E-state index contributed by atoms with van der Waals surface area (Å²) in [4.78, 5) is 12.0. The van der Waals surface area contributed by atoms with Crippen LogP contribution in [0.15, 0.2) is 24.3 Å². The summed E-state index contributed by atoms with van der Waals surface area (Å²) >= 11 is 0. The Labute approximate surface area is 125 Å². The number of aliphatic hydroxyl groups excluding tert-OH is 1. The first-order chi connectivity index (χ1) is 10.1. The summed E-state index contributed by atoms with van der Waals surface area (Å²) in [6, 6.07) is 7.67. The number of urea groups is 1. The van der Waals surface area contributed by atoms with E-state index in [0.29, 0.717) is 19.1 Å². The van der Waals surface area contributed by atoms with E-state index < -0.39 is 5.54 Å². The minimum atomic E-state index is -0.512. The number of methoxy groups -OCH3 is 1. The molecule has 0 aliphatic heterocycles. The Kier molecular flexibility index (Phi) is 5.20. The fraction of sp³-hybridized carbons (Fsp3) is 0.562. The van der Waals surface area contributed by atoms with Crippen LogP contribution in [0.2, 0.25) is 0 Å². The second-order valence-corrected chi connectivity index (χ2v) is 5.91. The molecule has 1 aliphatic rings. The van der Waals surface area contributed by atoms with Gasteiger partial charge in [-0.05, 0) is 36.8 Å². The molecular formula is C16H24N2O3. The number of hydrogen-bond donors (Lipinski definition) is 3. The maximum atomic E-state index is 12.0. The molecule has 3 N–H and O–H groups in total. The van der Waals surface area contributed by atoms with Crippen molar-refractivity contribution in [1.82, 2.24) is 10.6 Å². The van der Waals surface area contributed by atoms with Crippen LogP contribution in [0.4, 0.5) is 4.79 Å². The Morgan fingerprint density at radius 3 is 2.76 bits per heavy atom. The zero-order valence-electron chi connectivity index (χ0n) is 12.7. The highest BCUT2D eigenvalue weighted by molar-refractivity contribution is 5.74. The molecule has 1 aromatic carbocycles. The molecule has 116 valence electrons. The summed E-state index contributed by atoms with van der Waals surface area (Å²) in [5.41, 5.74) is 1.59.